The predicted octanol–water partition coefficient (Wildman–Crippen LogP) is 11.3. The number of hydrogen-bond acceptors (Lipinski definition) is 7. The molecule has 0 aromatic carbocycles. The van der Waals surface area contributed by atoms with E-state index >= 15 is 0 Å². The molecule has 1 heterocycles. The van der Waals surface area contributed by atoms with Gasteiger partial charge < -0.3 is 19.4 Å². The molecule has 8 heteroatoms. The molecule has 278 valence electrons. The quantitative estimate of drug-likeness (QED) is 0.0420. The molecule has 4 atom stereocenters. The topological polar surface area (TPSA) is 76.0 Å². The third kappa shape index (κ3) is 23.2. The van der Waals surface area contributed by atoms with Crippen molar-refractivity contribution >= 4 is 37.8 Å². The number of ether oxygens (including phenoxy) is 1. The molecule has 0 radical (unpaired) electrons. The van der Waals surface area contributed by atoms with E-state index in [1.54, 1.807) is 0 Å². The molecule has 1 aliphatic heterocycles. The van der Waals surface area contributed by atoms with E-state index in [2.05, 4.69) is 40.8 Å². The number of hydrogen-bond donors (Lipinski definition) is 2. The average Bonchev–Trinajstić information content (AvgIpc) is 3.31. The highest BCUT2D eigenvalue weighted by Crippen LogP contribution is 2.39. The molecule has 0 fully saturated rings. The van der Waals surface area contributed by atoms with Gasteiger partial charge in [0, 0.05) is 41.1 Å². The summed E-state index contributed by atoms with van der Waals surface area (Å²) >= 11 is 3.71. The van der Waals surface area contributed by atoms with E-state index in [9.17, 15) is 15.0 Å². The molecule has 5 nitrogen and oxygen atoms in total. The minimum atomic E-state index is -1.92. The zero-order valence-electron chi connectivity index (χ0n) is 31.8. The van der Waals surface area contributed by atoms with Gasteiger partial charge in [0.15, 0.2) is 8.32 Å². The van der Waals surface area contributed by atoms with Crippen LogP contribution >= 0.6 is 23.5 Å². The van der Waals surface area contributed by atoms with Crippen LogP contribution in [-0.4, -0.2) is 71.9 Å². The monoisotopic (exact) mass is 716 g/mol. The van der Waals surface area contributed by atoms with Crippen LogP contribution in [0.15, 0.2) is 11.6 Å². The fraction of sp³-hybridized carbons (Fsp3) is 0.923. The normalized spacial score (nSPS) is 17.5. The Morgan fingerprint density at radius 2 is 1.19 bits per heavy atom. The van der Waals surface area contributed by atoms with E-state index in [1.165, 1.54) is 83.5 Å². The molecule has 0 bridgehead atoms. The number of unbranched alkanes of at least 4 members (excludes halogenated alkanes) is 14. The molecule has 0 amide bonds. The molecule has 0 spiro atoms. The van der Waals surface area contributed by atoms with Gasteiger partial charge in [-0.2, -0.15) is 23.5 Å². The Hall–Kier alpha value is 0.00688. The highest BCUT2D eigenvalue weighted by Gasteiger charge is 2.39. The van der Waals surface area contributed by atoms with Gasteiger partial charge in [0.2, 0.25) is 0 Å². The van der Waals surface area contributed by atoms with Crippen LogP contribution in [0.4, 0.5) is 0 Å². The van der Waals surface area contributed by atoms with Gasteiger partial charge in [-0.25, -0.2) is 4.79 Å². The smallest absolute Gasteiger partial charge is 0.334 e. The molecule has 0 aromatic rings. The first-order chi connectivity index (χ1) is 22.4. The second kappa shape index (κ2) is 26.8. The lowest BCUT2D eigenvalue weighted by atomic mass is 10.0. The van der Waals surface area contributed by atoms with E-state index in [-0.39, 0.29) is 35.4 Å². The maximum atomic E-state index is 12.2. The van der Waals surface area contributed by atoms with Gasteiger partial charge in [-0.05, 0) is 50.4 Å². The standard InChI is InChI=1S/C39H76O5S2Si/c1-8-9-10-11-12-15-18-21-24-35(40)31-45-27-28-46-32-36(41)25-22-19-16-13-14-17-20-23-26-37(44-47(6,7)39(3,4)5)30-34-29-33(2)43-38(34)42/h29,33,35-37,40-41H,8-28,30-32H2,1-7H3/t33-,35-,36-,37+/m0/s1. The second-order valence-electron chi connectivity index (χ2n) is 15.6. The Bertz CT molecular complexity index is 816. The van der Waals surface area contributed by atoms with Gasteiger partial charge in [-0.3, -0.25) is 0 Å². The first-order valence-electron chi connectivity index (χ1n) is 19.5. The largest absolute Gasteiger partial charge is 0.455 e. The zero-order valence-corrected chi connectivity index (χ0v) is 34.4. The first-order valence-corrected chi connectivity index (χ1v) is 24.7. The summed E-state index contributed by atoms with van der Waals surface area (Å²) < 4.78 is 12.1. The van der Waals surface area contributed by atoms with Crippen LogP contribution in [0.2, 0.25) is 18.1 Å². The summed E-state index contributed by atoms with van der Waals surface area (Å²) in [4.78, 5) is 12.2. The predicted molar refractivity (Wildman–Crippen MR) is 210 cm³/mol. The Kier molecular flexibility index (Phi) is 25.6. The highest BCUT2D eigenvalue weighted by molar-refractivity contribution is 8.02. The third-order valence-electron chi connectivity index (χ3n) is 9.90. The van der Waals surface area contributed by atoms with Gasteiger partial charge in [-0.15, -0.1) is 0 Å². The molecule has 0 aliphatic carbocycles. The zero-order chi connectivity index (χ0) is 35.0. The van der Waals surface area contributed by atoms with Crippen LogP contribution in [0.25, 0.3) is 0 Å². The average molecular weight is 717 g/mol. The molecule has 0 unspecified atom stereocenters. The third-order valence-corrected chi connectivity index (χ3v) is 16.9. The molecule has 0 saturated carbocycles. The van der Waals surface area contributed by atoms with E-state index < -0.39 is 8.32 Å². The van der Waals surface area contributed by atoms with Crippen molar-refractivity contribution in [2.75, 3.05) is 23.0 Å². The van der Waals surface area contributed by atoms with Crippen molar-refractivity contribution in [2.24, 2.45) is 0 Å². The summed E-state index contributed by atoms with van der Waals surface area (Å²) in [6.07, 6.45) is 25.4. The van der Waals surface area contributed by atoms with E-state index in [4.69, 9.17) is 9.16 Å². The van der Waals surface area contributed by atoms with Crippen molar-refractivity contribution in [3.05, 3.63) is 11.6 Å². The summed E-state index contributed by atoms with van der Waals surface area (Å²) in [6, 6.07) is 0. The molecule has 0 aromatic heterocycles. The lowest BCUT2D eigenvalue weighted by molar-refractivity contribution is -0.139. The molecule has 0 saturated heterocycles. The molecule has 2 N–H and O–H groups in total. The van der Waals surface area contributed by atoms with Gasteiger partial charge >= 0.3 is 5.97 Å². The maximum Gasteiger partial charge on any atom is 0.334 e. The SMILES string of the molecule is CCCCCCCCCC[C@H](O)CSCCSC[C@@H](O)CCCCCCCCCC[C@H](CC1=C[C@H](C)OC1=O)O[Si](C)(C)C(C)(C)C. The van der Waals surface area contributed by atoms with E-state index in [1.807, 2.05) is 36.5 Å². The van der Waals surface area contributed by atoms with Crippen molar-refractivity contribution in [3.8, 4) is 0 Å². The minimum Gasteiger partial charge on any atom is -0.455 e. The summed E-state index contributed by atoms with van der Waals surface area (Å²) in [6.45, 7) is 15.6. The number of esters is 1. The number of aliphatic hydroxyl groups excluding tert-OH is 2. The summed E-state index contributed by atoms with van der Waals surface area (Å²) in [7, 11) is -1.92. The highest BCUT2D eigenvalue weighted by atomic mass is 32.2. The Morgan fingerprint density at radius 1 is 0.766 bits per heavy atom. The van der Waals surface area contributed by atoms with Crippen LogP contribution in [0, 0.1) is 0 Å². The second-order valence-corrected chi connectivity index (χ2v) is 22.7. The van der Waals surface area contributed by atoms with Crippen molar-refractivity contribution < 1.29 is 24.2 Å². The number of cyclic esters (lactones) is 1. The van der Waals surface area contributed by atoms with Crippen LogP contribution < -0.4 is 0 Å². The van der Waals surface area contributed by atoms with Gasteiger partial charge in [0.25, 0.3) is 0 Å². The fourth-order valence-electron chi connectivity index (χ4n) is 5.87. The van der Waals surface area contributed by atoms with Crippen LogP contribution in [0.3, 0.4) is 0 Å². The van der Waals surface area contributed by atoms with Crippen LogP contribution in [0.1, 0.15) is 163 Å². The number of rotatable bonds is 31. The molecule has 1 rings (SSSR count). The number of carbonyl (C=O) groups excluding carboxylic acids is 1. The van der Waals surface area contributed by atoms with Crippen molar-refractivity contribution in [2.45, 2.75) is 206 Å². The van der Waals surface area contributed by atoms with Crippen molar-refractivity contribution in [3.63, 3.8) is 0 Å². The van der Waals surface area contributed by atoms with Gasteiger partial charge in [0.1, 0.15) is 6.10 Å². The fourth-order valence-corrected chi connectivity index (χ4v) is 9.41. The maximum absolute atomic E-state index is 12.2. The Labute approximate surface area is 301 Å². The number of aliphatic hydroxyl groups is 2. The summed E-state index contributed by atoms with van der Waals surface area (Å²) in [5, 5.41) is 20.7. The van der Waals surface area contributed by atoms with Crippen LogP contribution in [-0.2, 0) is 14.0 Å². The lowest BCUT2D eigenvalue weighted by Crippen LogP contribution is -2.44. The Morgan fingerprint density at radius 3 is 1.60 bits per heavy atom. The van der Waals surface area contributed by atoms with Crippen molar-refractivity contribution in [1.82, 2.24) is 0 Å². The van der Waals surface area contributed by atoms with E-state index in [0.29, 0.717) is 6.42 Å². The van der Waals surface area contributed by atoms with E-state index in [0.717, 1.165) is 67.1 Å². The molecular weight excluding hydrogens is 641 g/mol. The first kappa shape index (κ1) is 45.0. The summed E-state index contributed by atoms with van der Waals surface area (Å²) in [5.74, 6) is 3.63. The van der Waals surface area contributed by atoms with Crippen molar-refractivity contribution in [1.29, 1.82) is 0 Å². The van der Waals surface area contributed by atoms with Gasteiger partial charge in [-0.1, -0.05) is 130 Å². The minimum absolute atomic E-state index is 0.0885. The summed E-state index contributed by atoms with van der Waals surface area (Å²) in [5.41, 5.74) is 0.791. The lowest BCUT2D eigenvalue weighted by Gasteiger charge is -2.39. The number of thioether (sulfide) groups is 2. The van der Waals surface area contributed by atoms with Crippen LogP contribution in [0.5, 0.6) is 0 Å². The molecule has 47 heavy (non-hydrogen) atoms. The van der Waals surface area contributed by atoms with Gasteiger partial charge in [0.05, 0.1) is 12.2 Å². The molecular formula is C39H76O5S2Si. The Balaban J connectivity index is 2.02. The number of carbonyl (C=O) groups is 1. The molecule has 1 aliphatic rings.